The Bertz CT molecular complexity index is 457. The summed E-state index contributed by atoms with van der Waals surface area (Å²) >= 11 is 0. The molecule has 4 nitrogen and oxygen atoms in total. The molecule has 0 atom stereocenters. The molecule has 0 bridgehead atoms. The third-order valence-electron chi connectivity index (χ3n) is 3.65. The Hall–Kier alpha value is -1.39. The Morgan fingerprint density at radius 2 is 2.29 bits per heavy atom. The standard InChI is InChI=1S/C17H27N3O/c1-3-5-16-11-14(13-18-15-6-7-15)12-17(19-16)20(8-4-2)9-10-21/h4,11-12,15,18,21H,2-3,5-10,13H2,1H3. The molecule has 0 aliphatic heterocycles. The lowest BCUT2D eigenvalue weighted by Crippen LogP contribution is -2.28. The lowest BCUT2D eigenvalue weighted by atomic mass is 10.1. The number of hydrogen-bond donors (Lipinski definition) is 2. The first-order valence-corrected chi connectivity index (χ1v) is 7.96. The van der Waals surface area contributed by atoms with Crippen molar-refractivity contribution in [2.24, 2.45) is 0 Å². The molecule has 1 heterocycles. The van der Waals surface area contributed by atoms with E-state index in [1.165, 1.54) is 18.4 Å². The minimum absolute atomic E-state index is 0.128. The number of pyridine rings is 1. The first kappa shape index (κ1) is 16.0. The topological polar surface area (TPSA) is 48.4 Å². The number of hydrogen-bond acceptors (Lipinski definition) is 4. The van der Waals surface area contributed by atoms with Crippen molar-refractivity contribution in [3.63, 3.8) is 0 Å². The maximum absolute atomic E-state index is 9.23. The summed E-state index contributed by atoms with van der Waals surface area (Å²) in [7, 11) is 0. The molecule has 0 spiro atoms. The average Bonchev–Trinajstić information content (AvgIpc) is 3.29. The van der Waals surface area contributed by atoms with Crippen LogP contribution in [0.4, 0.5) is 5.82 Å². The molecule has 1 aromatic heterocycles. The van der Waals surface area contributed by atoms with Crippen molar-refractivity contribution < 1.29 is 5.11 Å². The molecular weight excluding hydrogens is 262 g/mol. The third-order valence-corrected chi connectivity index (χ3v) is 3.65. The second-order valence-corrected chi connectivity index (χ2v) is 5.69. The zero-order valence-corrected chi connectivity index (χ0v) is 13.0. The van der Waals surface area contributed by atoms with Crippen LogP contribution in [0.1, 0.15) is 37.4 Å². The zero-order valence-electron chi connectivity index (χ0n) is 13.0. The van der Waals surface area contributed by atoms with Crippen LogP contribution < -0.4 is 10.2 Å². The summed E-state index contributed by atoms with van der Waals surface area (Å²) in [6.45, 7) is 8.29. The predicted octanol–water partition coefficient (Wildman–Crippen LogP) is 2.27. The van der Waals surface area contributed by atoms with Gasteiger partial charge in [-0.3, -0.25) is 0 Å². The monoisotopic (exact) mass is 289 g/mol. The molecular formula is C17H27N3O. The number of nitrogens with zero attached hydrogens (tertiary/aromatic N) is 2. The average molecular weight is 289 g/mol. The maximum Gasteiger partial charge on any atom is 0.129 e. The molecule has 0 aromatic carbocycles. The van der Waals surface area contributed by atoms with Crippen LogP contribution in [0, 0.1) is 0 Å². The Balaban J connectivity index is 2.16. The van der Waals surface area contributed by atoms with Crippen LogP contribution in [-0.4, -0.2) is 35.8 Å². The minimum atomic E-state index is 0.128. The van der Waals surface area contributed by atoms with Crippen LogP contribution in [0.25, 0.3) is 0 Å². The van der Waals surface area contributed by atoms with Gasteiger partial charge in [-0.15, -0.1) is 6.58 Å². The van der Waals surface area contributed by atoms with Crippen molar-refractivity contribution in [1.82, 2.24) is 10.3 Å². The number of aryl methyl sites for hydroxylation is 1. The molecule has 0 saturated heterocycles. The van der Waals surface area contributed by atoms with Crippen LogP contribution in [0.15, 0.2) is 24.8 Å². The van der Waals surface area contributed by atoms with Gasteiger partial charge in [-0.05, 0) is 37.0 Å². The van der Waals surface area contributed by atoms with Crippen molar-refractivity contribution >= 4 is 5.82 Å². The molecule has 2 rings (SSSR count). The van der Waals surface area contributed by atoms with Gasteiger partial charge in [-0.25, -0.2) is 4.98 Å². The SMILES string of the molecule is C=CCN(CCO)c1cc(CNC2CC2)cc(CCC)n1. The van der Waals surface area contributed by atoms with Gasteiger partial charge in [0.15, 0.2) is 0 Å². The molecule has 0 unspecified atom stereocenters. The van der Waals surface area contributed by atoms with Gasteiger partial charge in [0.25, 0.3) is 0 Å². The number of aromatic nitrogens is 1. The fourth-order valence-corrected chi connectivity index (χ4v) is 2.41. The largest absolute Gasteiger partial charge is 0.395 e. The molecule has 4 heteroatoms. The van der Waals surface area contributed by atoms with E-state index < -0.39 is 0 Å². The van der Waals surface area contributed by atoms with E-state index in [2.05, 4.69) is 35.9 Å². The fraction of sp³-hybridized carbons (Fsp3) is 0.588. The molecule has 116 valence electrons. The molecule has 1 saturated carbocycles. The summed E-state index contributed by atoms with van der Waals surface area (Å²) in [5.41, 5.74) is 2.41. The molecule has 1 fully saturated rings. The van der Waals surface area contributed by atoms with Gasteiger partial charge < -0.3 is 15.3 Å². The first-order chi connectivity index (χ1) is 10.3. The van der Waals surface area contributed by atoms with Crippen LogP contribution in [0.2, 0.25) is 0 Å². The van der Waals surface area contributed by atoms with E-state index in [0.29, 0.717) is 19.1 Å². The number of aliphatic hydroxyl groups is 1. The normalized spacial score (nSPS) is 14.2. The number of anilines is 1. The first-order valence-electron chi connectivity index (χ1n) is 7.96. The van der Waals surface area contributed by atoms with Crippen molar-refractivity contribution in [3.05, 3.63) is 36.0 Å². The van der Waals surface area contributed by atoms with Crippen molar-refractivity contribution in [1.29, 1.82) is 0 Å². The van der Waals surface area contributed by atoms with E-state index in [9.17, 15) is 5.11 Å². The van der Waals surface area contributed by atoms with Gasteiger partial charge in [0, 0.05) is 31.4 Å². The summed E-state index contributed by atoms with van der Waals surface area (Å²) in [5.74, 6) is 0.947. The Kier molecular flexibility index (Phi) is 6.21. The van der Waals surface area contributed by atoms with Crippen molar-refractivity contribution in [2.75, 3.05) is 24.6 Å². The number of rotatable bonds is 10. The molecule has 0 amide bonds. The highest BCUT2D eigenvalue weighted by atomic mass is 16.3. The van der Waals surface area contributed by atoms with E-state index >= 15 is 0 Å². The van der Waals surface area contributed by atoms with Crippen LogP contribution >= 0.6 is 0 Å². The number of nitrogens with one attached hydrogen (secondary N) is 1. The lowest BCUT2D eigenvalue weighted by molar-refractivity contribution is 0.302. The van der Waals surface area contributed by atoms with Crippen LogP contribution in [-0.2, 0) is 13.0 Å². The summed E-state index contributed by atoms with van der Waals surface area (Å²) in [6.07, 6.45) is 6.53. The van der Waals surface area contributed by atoms with Crippen LogP contribution in [0.5, 0.6) is 0 Å². The van der Waals surface area contributed by atoms with Crippen molar-refractivity contribution in [2.45, 2.75) is 45.2 Å². The van der Waals surface area contributed by atoms with Crippen molar-refractivity contribution in [3.8, 4) is 0 Å². The molecule has 21 heavy (non-hydrogen) atoms. The Morgan fingerprint density at radius 1 is 1.48 bits per heavy atom. The zero-order chi connectivity index (χ0) is 15.1. The lowest BCUT2D eigenvalue weighted by Gasteiger charge is -2.22. The van der Waals surface area contributed by atoms with Crippen LogP contribution in [0.3, 0.4) is 0 Å². The van der Waals surface area contributed by atoms with Gasteiger partial charge in [0.05, 0.1) is 6.61 Å². The Labute approximate surface area is 127 Å². The summed E-state index contributed by atoms with van der Waals surface area (Å²) < 4.78 is 0. The highest BCUT2D eigenvalue weighted by Crippen LogP contribution is 2.21. The van der Waals surface area contributed by atoms with Gasteiger partial charge in [0.1, 0.15) is 5.82 Å². The Morgan fingerprint density at radius 3 is 2.90 bits per heavy atom. The minimum Gasteiger partial charge on any atom is -0.395 e. The third kappa shape index (κ3) is 5.14. The van der Waals surface area contributed by atoms with E-state index in [1.54, 1.807) is 0 Å². The second-order valence-electron chi connectivity index (χ2n) is 5.69. The van der Waals surface area contributed by atoms with E-state index in [0.717, 1.165) is 30.9 Å². The number of aliphatic hydroxyl groups excluding tert-OH is 1. The molecule has 2 N–H and O–H groups in total. The highest BCUT2D eigenvalue weighted by Gasteiger charge is 2.20. The fourth-order valence-electron chi connectivity index (χ4n) is 2.41. The van der Waals surface area contributed by atoms with Gasteiger partial charge in [0.2, 0.25) is 0 Å². The van der Waals surface area contributed by atoms with E-state index in [-0.39, 0.29) is 6.61 Å². The smallest absolute Gasteiger partial charge is 0.129 e. The van der Waals surface area contributed by atoms with E-state index in [4.69, 9.17) is 4.98 Å². The predicted molar refractivity (Wildman–Crippen MR) is 87.6 cm³/mol. The maximum atomic E-state index is 9.23. The highest BCUT2D eigenvalue weighted by molar-refractivity contribution is 5.43. The van der Waals surface area contributed by atoms with Gasteiger partial charge in [-0.2, -0.15) is 0 Å². The summed E-state index contributed by atoms with van der Waals surface area (Å²) in [5, 5.41) is 12.8. The van der Waals surface area contributed by atoms with Gasteiger partial charge in [-0.1, -0.05) is 19.4 Å². The quantitative estimate of drug-likeness (QED) is 0.649. The molecule has 1 aliphatic rings. The summed E-state index contributed by atoms with van der Waals surface area (Å²) in [4.78, 5) is 6.82. The van der Waals surface area contributed by atoms with Gasteiger partial charge >= 0.3 is 0 Å². The van der Waals surface area contributed by atoms with E-state index in [1.807, 2.05) is 6.08 Å². The second kappa shape index (κ2) is 8.15. The summed E-state index contributed by atoms with van der Waals surface area (Å²) in [6, 6.07) is 5.04. The molecule has 1 aliphatic carbocycles. The molecule has 0 radical (unpaired) electrons. The molecule has 1 aromatic rings.